The number of ether oxygens (including phenoxy) is 1. The molecular formula is C18H21N3O3. The summed E-state index contributed by atoms with van der Waals surface area (Å²) < 4.78 is 10.5. The van der Waals surface area contributed by atoms with E-state index in [0.29, 0.717) is 25.5 Å². The van der Waals surface area contributed by atoms with Gasteiger partial charge in [0.05, 0.1) is 18.6 Å². The van der Waals surface area contributed by atoms with E-state index in [2.05, 4.69) is 29.2 Å². The van der Waals surface area contributed by atoms with Crippen LogP contribution >= 0.6 is 0 Å². The molecule has 1 saturated carbocycles. The molecule has 1 aliphatic carbocycles. The molecule has 0 spiro atoms. The van der Waals surface area contributed by atoms with E-state index >= 15 is 0 Å². The molecule has 1 amide bonds. The fraction of sp³-hybridized carbons (Fsp3) is 0.500. The van der Waals surface area contributed by atoms with Crippen LogP contribution in [-0.2, 0) is 14.9 Å². The molecule has 2 aliphatic rings. The number of carbonyl (C=O) groups is 1. The van der Waals surface area contributed by atoms with Crippen molar-refractivity contribution in [3.05, 3.63) is 47.6 Å². The largest absolute Gasteiger partial charge is 0.366 e. The lowest BCUT2D eigenvalue weighted by Crippen LogP contribution is -2.54. The predicted octanol–water partition coefficient (Wildman–Crippen LogP) is 2.40. The number of aryl methyl sites for hydroxylation is 1. The van der Waals surface area contributed by atoms with Crippen LogP contribution in [0.25, 0.3) is 0 Å². The molecule has 1 aromatic carbocycles. The Hall–Kier alpha value is -2.21. The number of benzene rings is 1. The molecule has 2 heterocycles. The maximum absolute atomic E-state index is 13.4. The quantitative estimate of drug-likeness (QED) is 0.866. The van der Waals surface area contributed by atoms with Crippen LogP contribution < -0.4 is 0 Å². The van der Waals surface area contributed by atoms with Crippen molar-refractivity contribution in [1.82, 2.24) is 15.0 Å². The summed E-state index contributed by atoms with van der Waals surface area (Å²) in [5.74, 6) is 0.714. The second-order valence-corrected chi connectivity index (χ2v) is 6.65. The van der Waals surface area contributed by atoms with Crippen LogP contribution in [0.2, 0.25) is 0 Å². The summed E-state index contributed by atoms with van der Waals surface area (Å²) in [6.07, 6.45) is 3.91. The van der Waals surface area contributed by atoms with Crippen LogP contribution in [0.1, 0.15) is 42.3 Å². The van der Waals surface area contributed by atoms with E-state index in [-0.39, 0.29) is 17.4 Å². The maximum Gasteiger partial charge on any atom is 0.233 e. The van der Waals surface area contributed by atoms with Gasteiger partial charge in [0.15, 0.2) is 0 Å². The van der Waals surface area contributed by atoms with E-state index < -0.39 is 0 Å². The lowest BCUT2D eigenvalue weighted by Gasteiger charge is -2.46. The van der Waals surface area contributed by atoms with Crippen molar-refractivity contribution in [2.75, 3.05) is 19.7 Å². The van der Waals surface area contributed by atoms with Gasteiger partial charge >= 0.3 is 0 Å². The average Bonchev–Trinajstić information content (AvgIpc) is 3.10. The van der Waals surface area contributed by atoms with Gasteiger partial charge in [0.2, 0.25) is 18.1 Å². The highest BCUT2D eigenvalue weighted by Gasteiger charge is 2.49. The highest BCUT2D eigenvalue weighted by Crippen LogP contribution is 2.46. The summed E-state index contributed by atoms with van der Waals surface area (Å²) in [6.45, 7) is 3.67. The summed E-state index contributed by atoms with van der Waals surface area (Å²) in [7, 11) is 0. The zero-order chi connectivity index (χ0) is 16.6. The Morgan fingerprint density at radius 2 is 2.17 bits per heavy atom. The van der Waals surface area contributed by atoms with Crippen molar-refractivity contribution in [2.24, 2.45) is 0 Å². The van der Waals surface area contributed by atoms with Gasteiger partial charge < -0.3 is 14.2 Å². The van der Waals surface area contributed by atoms with E-state index in [4.69, 9.17) is 9.26 Å². The standard InChI is InChI=1S/C18H21N3O3/c1-13-5-2-3-6-14(13)18(7-4-8-18)17(22)21-9-10-23-15(11-21)16-19-12-24-20-16/h2-3,5-6,12,15H,4,7-11H2,1H3. The molecule has 6 nitrogen and oxygen atoms in total. The molecule has 0 bridgehead atoms. The Labute approximate surface area is 140 Å². The molecule has 24 heavy (non-hydrogen) atoms. The van der Waals surface area contributed by atoms with Crippen molar-refractivity contribution in [3.8, 4) is 0 Å². The average molecular weight is 327 g/mol. The van der Waals surface area contributed by atoms with Crippen LogP contribution in [-0.4, -0.2) is 40.6 Å². The minimum absolute atomic E-state index is 0.208. The molecular weight excluding hydrogens is 306 g/mol. The first-order valence-corrected chi connectivity index (χ1v) is 8.44. The number of morpholine rings is 1. The number of rotatable bonds is 3. The van der Waals surface area contributed by atoms with E-state index in [0.717, 1.165) is 19.3 Å². The first-order valence-electron chi connectivity index (χ1n) is 8.44. The number of carbonyl (C=O) groups excluding carboxylic acids is 1. The topological polar surface area (TPSA) is 68.5 Å². The molecule has 2 aromatic rings. The molecule has 1 unspecified atom stereocenters. The highest BCUT2D eigenvalue weighted by atomic mass is 16.5. The SMILES string of the molecule is Cc1ccccc1C1(C(=O)N2CCOC(c3ncon3)C2)CCC1. The molecule has 1 atom stereocenters. The Morgan fingerprint density at radius 3 is 2.83 bits per heavy atom. The van der Waals surface area contributed by atoms with Gasteiger partial charge in [-0.05, 0) is 30.9 Å². The van der Waals surface area contributed by atoms with E-state index in [9.17, 15) is 4.79 Å². The molecule has 6 heteroatoms. The summed E-state index contributed by atoms with van der Waals surface area (Å²) in [4.78, 5) is 19.4. The highest BCUT2D eigenvalue weighted by molar-refractivity contribution is 5.89. The molecule has 0 radical (unpaired) electrons. The minimum Gasteiger partial charge on any atom is -0.366 e. The van der Waals surface area contributed by atoms with Gasteiger partial charge in [-0.1, -0.05) is 35.8 Å². The van der Waals surface area contributed by atoms with Crippen molar-refractivity contribution >= 4 is 5.91 Å². The summed E-state index contributed by atoms with van der Waals surface area (Å²) in [5.41, 5.74) is 1.99. The third-order valence-electron chi connectivity index (χ3n) is 5.30. The van der Waals surface area contributed by atoms with Crippen LogP contribution in [0.3, 0.4) is 0 Å². The van der Waals surface area contributed by atoms with Gasteiger partial charge in [-0.25, -0.2) is 0 Å². The number of hydrogen-bond donors (Lipinski definition) is 0. The van der Waals surface area contributed by atoms with E-state index in [1.807, 2.05) is 17.0 Å². The van der Waals surface area contributed by atoms with Gasteiger partial charge in [-0.15, -0.1) is 0 Å². The van der Waals surface area contributed by atoms with Crippen LogP contribution in [0, 0.1) is 6.92 Å². The first-order chi connectivity index (χ1) is 11.7. The van der Waals surface area contributed by atoms with E-state index in [1.54, 1.807) is 0 Å². The number of hydrogen-bond acceptors (Lipinski definition) is 5. The minimum atomic E-state index is -0.371. The number of amides is 1. The third-order valence-corrected chi connectivity index (χ3v) is 5.30. The van der Waals surface area contributed by atoms with Gasteiger partial charge in [-0.3, -0.25) is 4.79 Å². The molecule has 1 saturated heterocycles. The smallest absolute Gasteiger partial charge is 0.233 e. The lowest BCUT2D eigenvalue weighted by atomic mass is 9.62. The summed E-state index contributed by atoms with van der Waals surface area (Å²) >= 11 is 0. The molecule has 1 aromatic heterocycles. The summed E-state index contributed by atoms with van der Waals surface area (Å²) in [5, 5.41) is 3.85. The molecule has 1 aliphatic heterocycles. The molecule has 0 N–H and O–H groups in total. The first kappa shape index (κ1) is 15.3. The summed E-state index contributed by atoms with van der Waals surface area (Å²) in [6, 6.07) is 8.24. The fourth-order valence-corrected chi connectivity index (χ4v) is 3.85. The second-order valence-electron chi connectivity index (χ2n) is 6.65. The Kier molecular flexibility index (Phi) is 3.84. The Morgan fingerprint density at radius 1 is 1.33 bits per heavy atom. The Bertz CT molecular complexity index is 725. The van der Waals surface area contributed by atoms with Crippen LogP contribution in [0.15, 0.2) is 35.2 Å². The van der Waals surface area contributed by atoms with Crippen LogP contribution in [0.5, 0.6) is 0 Å². The molecule has 2 fully saturated rings. The number of aromatic nitrogens is 2. The van der Waals surface area contributed by atoms with Gasteiger partial charge in [0.25, 0.3) is 0 Å². The zero-order valence-corrected chi connectivity index (χ0v) is 13.8. The third kappa shape index (κ3) is 2.41. The zero-order valence-electron chi connectivity index (χ0n) is 13.8. The van der Waals surface area contributed by atoms with Crippen molar-refractivity contribution in [1.29, 1.82) is 0 Å². The van der Waals surface area contributed by atoms with Gasteiger partial charge in [-0.2, -0.15) is 4.98 Å². The predicted molar refractivity (Wildman–Crippen MR) is 86.3 cm³/mol. The van der Waals surface area contributed by atoms with Gasteiger partial charge in [0, 0.05) is 6.54 Å². The monoisotopic (exact) mass is 327 g/mol. The molecule has 126 valence electrons. The van der Waals surface area contributed by atoms with E-state index in [1.165, 1.54) is 17.5 Å². The van der Waals surface area contributed by atoms with Gasteiger partial charge in [0.1, 0.15) is 6.10 Å². The molecule has 4 rings (SSSR count). The van der Waals surface area contributed by atoms with Crippen molar-refractivity contribution < 1.29 is 14.1 Å². The van der Waals surface area contributed by atoms with Crippen molar-refractivity contribution in [3.63, 3.8) is 0 Å². The fourth-order valence-electron chi connectivity index (χ4n) is 3.85. The Balaban J connectivity index is 1.59. The normalized spacial score (nSPS) is 22.9. The number of nitrogens with zero attached hydrogens (tertiary/aromatic N) is 3. The lowest BCUT2D eigenvalue weighted by molar-refractivity contribution is -0.149. The van der Waals surface area contributed by atoms with Crippen LogP contribution in [0.4, 0.5) is 0 Å². The maximum atomic E-state index is 13.4. The second kappa shape index (κ2) is 6.02. The van der Waals surface area contributed by atoms with Crippen molar-refractivity contribution in [2.45, 2.75) is 37.7 Å².